The SMILES string of the molecule is Cc1cccc2[nH]c(C(=O)N[C@H](C(=O)N3C[C@H]4[C@@H]([C@H]3C(=O)N[C@@H](C[C@@H]3CCCNC3=O)C(=O)CCl)C4(C)C)C3CC3)cc12. The molecular weight excluding hydrogens is 570 g/mol. The minimum Gasteiger partial charge on any atom is -0.356 e. The fourth-order valence-corrected chi connectivity index (χ4v) is 7.60. The number of aromatic nitrogens is 1. The van der Waals surface area contributed by atoms with Gasteiger partial charge in [0.1, 0.15) is 17.8 Å². The van der Waals surface area contributed by atoms with Crippen LogP contribution in [0.25, 0.3) is 10.9 Å². The molecule has 2 aliphatic heterocycles. The van der Waals surface area contributed by atoms with E-state index >= 15 is 0 Å². The third-order valence-corrected chi connectivity index (χ3v) is 10.6. The number of piperidine rings is 2. The number of fused-ring (bicyclic) bond motifs is 2. The van der Waals surface area contributed by atoms with Crippen LogP contribution in [0.1, 0.15) is 62.0 Å². The van der Waals surface area contributed by atoms with Crippen molar-refractivity contribution in [1.82, 2.24) is 25.8 Å². The molecule has 11 heteroatoms. The Morgan fingerprint density at radius 3 is 2.58 bits per heavy atom. The van der Waals surface area contributed by atoms with Gasteiger partial charge in [-0.15, -0.1) is 11.6 Å². The van der Waals surface area contributed by atoms with Gasteiger partial charge in [-0.2, -0.15) is 0 Å². The smallest absolute Gasteiger partial charge is 0.268 e. The molecule has 6 atom stereocenters. The van der Waals surface area contributed by atoms with Crippen LogP contribution in [0.4, 0.5) is 0 Å². The zero-order valence-corrected chi connectivity index (χ0v) is 25.6. The summed E-state index contributed by atoms with van der Waals surface area (Å²) in [5, 5.41) is 9.65. The van der Waals surface area contributed by atoms with Gasteiger partial charge in [0.05, 0.1) is 11.9 Å². The van der Waals surface area contributed by atoms with E-state index in [0.29, 0.717) is 25.2 Å². The van der Waals surface area contributed by atoms with Crippen LogP contribution >= 0.6 is 11.6 Å². The molecule has 2 saturated carbocycles. The van der Waals surface area contributed by atoms with Crippen molar-refractivity contribution in [2.24, 2.45) is 29.1 Å². The van der Waals surface area contributed by atoms with Gasteiger partial charge in [-0.3, -0.25) is 24.0 Å². The number of halogens is 1. The van der Waals surface area contributed by atoms with Crippen molar-refractivity contribution in [3.63, 3.8) is 0 Å². The number of benzene rings is 1. The fraction of sp³-hybridized carbons (Fsp3) is 0.594. The van der Waals surface area contributed by atoms with Crippen LogP contribution in [0.3, 0.4) is 0 Å². The van der Waals surface area contributed by atoms with Gasteiger partial charge in [0.25, 0.3) is 5.91 Å². The van der Waals surface area contributed by atoms with Crippen LogP contribution in [0.15, 0.2) is 24.3 Å². The van der Waals surface area contributed by atoms with E-state index in [9.17, 15) is 24.0 Å². The maximum atomic E-state index is 14.1. The molecular formula is C32H40ClN5O5. The number of hydrogen-bond acceptors (Lipinski definition) is 5. The van der Waals surface area contributed by atoms with E-state index in [1.165, 1.54) is 0 Å². The van der Waals surface area contributed by atoms with Crippen LogP contribution in [-0.4, -0.2) is 76.4 Å². The number of likely N-dealkylation sites (tertiary alicyclic amines) is 1. The summed E-state index contributed by atoms with van der Waals surface area (Å²) in [6.07, 6.45) is 3.26. The number of carbonyl (C=O) groups excluding carboxylic acids is 5. The Morgan fingerprint density at radius 1 is 1.14 bits per heavy atom. The van der Waals surface area contributed by atoms with Crippen LogP contribution in [0.5, 0.6) is 0 Å². The quantitative estimate of drug-likeness (QED) is 0.307. The highest BCUT2D eigenvalue weighted by molar-refractivity contribution is 6.28. The van der Waals surface area contributed by atoms with Gasteiger partial charge in [-0.1, -0.05) is 26.0 Å². The van der Waals surface area contributed by atoms with E-state index in [1.54, 1.807) is 11.0 Å². The summed E-state index contributed by atoms with van der Waals surface area (Å²) in [5.41, 5.74) is 2.15. The van der Waals surface area contributed by atoms with Gasteiger partial charge in [-0.25, -0.2) is 0 Å². The molecule has 2 aliphatic carbocycles. The Balaban J connectivity index is 1.20. The first-order chi connectivity index (χ1) is 20.5. The lowest BCUT2D eigenvalue weighted by molar-refractivity contribution is -0.143. The third kappa shape index (κ3) is 5.54. The van der Waals surface area contributed by atoms with Crippen LogP contribution in [0.2, 0.25) is 0 Å². The highest BCUT2D eigenvalue weighted by Gasteiger charge is 2.70. The lowest BCUT2D eigenvalue weighted by Crippen LogP contribution is -2.58. The second-order valence-electron chi connectivity index (χ2n) is 13.4. The van der Waals surface area contributed by atoms with Gasteiger partial charge >= 0.3 is 0 Å². The summed E-state index contributed by atoms with van der Waals surface area (Å²) in [4.78, 5) is 71.4. The second-order valence-corrected chi connectivity index (χ2v) is 13.7. The second kappa shape index (κ2) is 11.3. The lowest BCUT2D eigenvalue weighted by Gasteiger charge is -2.34. The minimum absolute atomic E-state index is 0.00611. The minimum atomic E-state index is -0.916. The number of hydrogen-bond donors (Lipinski definition) is 4. The molecule has 4 aliphatic rings. The van der Waals surface area contributed by atoms with E-state index in [1.807, 2.05) is 25.1 Å². The Hall–Kier alpha value is -3.40. The summed E-state index contributed by atoms with van der Waals surface area (Å²) >= 11 is 5.91. The summed E-state index contributed by atoms with van der Waals surface area (Å²) in [6, 6.07) is 5.18. The highest BCUT2D eigenvalue weighted by atomic mass is 35.5. The average molecular weight is 610 g/mol. The molecule has 4 N–H and O–H groups in total. The largest absolute Gasteiger partial charge is 0.356 e. The highest BCUT2D eigenvalue weighted by Crippen LogP contribution is 2.65. The number of alkyl halides is 1. The van der Waals surface area contributed by atoms with Crippen molar-refractivity contribution in [3.8, 4) is 0 Å². The molecule has 2 aromatic rings. The van der Waals surface area contributed by atoms with E-state index < -0.39 is 24.0 Å². The Bertz CT molecular complexity index is 1480. The van der Waals surface area contributed by atoms with E-state index in [4.69, 9.17) is 11.6 Å². The first-order valence-corrected chi connectivity index (χ1v) is 15.9. The first-order valence-electron chi connectivity index (χ1n) is 15.4. The van der Waals surface area contributed by atoms with E-state index in [0.717, 1.165) is 35.7 Å². The molecule has 43 heavy (non-hydrogen) atoms. The number of Topliss-reactive ketones (excluding diaryl/α,β-unsaturated/α-hetero) is 1. The van der Waals surface area contributed by atoms with Crippen molar-refractivity contribution < 1.29 is 24.0 Å². The number of ketones is 1. The molecule has 4 fully saturated rings. The Kier molecular flexibility index (Phi) is 7.77. The van der Waals surface area contributed by atoms with Gasteiger partial charge in [0.15, 0.2) is 5.78 Å². The number of carbonyl (C=O) groups is 5. The molecule has 230 valence electrons. The summed E-state index contributed by atoms with van der Waals surface area (Å²) in [7, 11) is 0. The molecule has 0 bridgehead atoms. The lowest BCUT2D eigenvalue weighted by atomic mass is 9.90. The predicted octanol–water partition coefficient (Wildman–Crippen LogP) is 2.68. The number of aromatic amines is 1. The number of amides is 4. The molecule has 6 rings (SSSR count). The molecule has 1 aromatic carbocycles. The maximum Gasteiger partial charge on any atom is 0.268 e. The molecule has 1 aromatic heterocycles. The summed E-state index contributed by atoms with van der Waals surface area (Å²) in [6.45, 7) is 7.19. The van der Waals surface area contributed by atoms with E-state index in [-0.39, 0.29) is 64.9 Å². The Labute approximate surface area is 256 Å². The topological polar surface area (TPSA) is 140 Å². The average Bonchev–Trinajstić information content (AvgIpc) is 3.76. The van der Waals surface area contributed by atoms with Gasteiger partial charge in [0, 0.05) is 29.9 Å². The number of rotatable bonds is 10. The van der Waals surface area contributed by atoms with Crippen LogP contribution < -0.4 is 16.0 Å². The van der Waals surface area contributed by atoms with Crippen molar-refractivity contribution in [2.75, 3.05) is 19.0 Å². The maximum absolute atomic E-state index is 14.1. The normalized spacial score (nSPS) is 27.2. The predicted molar refractivity (Wildman–Crippen MR) is 161 cm³/mol. The summed E-state index contributed by atoms with van der Waals surface area (Å²) < 4.78 is 0. The van der Waals surface area contributed by atoms with Gasteiger partial charge < -0.3 is 25.8 Å². The van der Waals surface area contributed by atoms with Crippen molar-refractivity contribution >= 4 is 51.9 Å². The van der Waals surface area contributed by atoms with Crippen molar-refractivity contribution in [2.45, 2.75) is 71.0 Å². The monoisotopic (exact) mass is 609 g/mol. The molecule has 0 radical (unpaired) electrons. The molecule has 2 saturated heterocycles. The van der Waals surface area contributed by atoms with Crippen molar-refractivity contribution in [1.29, 1.82) is 0 Å². The molecule has 0 spiro atoms. The molecule has 0 unspecified atom stereocenters. The van der Waals surface area contributed by atoms with Gasteiger partial charge in [-0.05, 0) is 79.9 Å². The summed E-state index contributed by atoms with van der Waals surface area (Å²) in [5.74, 6) is -2.09. The van der Waals surface area contributed by atoms with Gasteiger partial charge in [0.2, 0.25) is 17.7 Å². The van der Waals surface area contributed by atoms with E-state index in [2.05, 4.69) is 34.8 Å². The fourth-order valence-electron chi connectivity index (χ4n) is 7.42. The van der Waals surface area contributed by atoms with Crippen molar-refractivity contribution in [3.05, 3.63) is 35.5 Å². The van der Waals surface area contributed by atoms with Crippen LogP contribution in [-0.2, 0) is 19.2 Å². The number of H-pyrrole nitrogens is 1. The number of nitrogens with one attached hydrogen (secondary N) is 4. The Morgan fingerprint density at radius 2 is 1.91 bits per heavy atom. The molecule has 10 nitrogen and oxygen atoms in total. The zero-order chi connectivity index (χ0) is 30.6. The number of nitrogens with zero attached hydrogens (tertiary/aromatic N) is 1. The molecule has 3 heterocycles. The number of aryl methyl sites for hydroxylation is 1. The molecule has 4 amide bonds. The first kappa shape index (κ1) is 29.7. The zero-order valence-electron chi connectivity index (χ0n) is 24.9. The standard InChI is InChI=1S/C32H40ClN5O5/c1-16-6-4-8-21-19(16)13-23(35-21)29(41)37-26(17-9-10-17)31(43)38-15-20-25(32(20,2)3)27(38)30(42)36-22(24(39)14-33)12-18-7-5-11-34-28(18)40/h4,6,8,13,17-18,20,22,25-27,35H,5,7,9-12,14-15H2,1-3H3,(H,34,40)(H,36,42)(H,37,41)/t18-,20-,22-,25-,26-,27-/m0/s1. The van der Waals surface area contributed by atoms with Crippen LogP contribution in [0, 0.1) is 36.0 Å². The third-order valence-electron chi connectivity index (χ3n) is 10.3.